The molecule has 17 heavy (non-hydrogen) atoms. The number of hydrogen-bond donors (Lipinski definition) is 1. The Morgan fingerprint density at radius 1 is 1.29 bits per heavy atom. The third kappa shape index (κ3) is 2.88. The van der Waals surface area contributed by atoms with Crippen molar-refractivity contribution in [1.82, 2.24) is 4.98 Å². The van der Waals surface area contributed by atoms with Gasteiger partial charge < -0.3 is 9.72 Å². The second kappa shape index (κ2) is 4.18. The molecular weight excluding hydrogens is 282 g/mol. The van der Waals surface area contributed by atoms with Crippen LogP contribution in [0.1, 0.15) is 31.3 Å². The molecule has 1 heterocycles. The molecule has 0 saturated carbocycles. The number of H-pyrrole nitrogens is 1. The van der Waals surface area contributed by atoms with Crippen molar-refractivity contribution in [2.24, 2.45) is 0 Å². The molecule has 4 heteroatoms. The summed E-state index contributed by atoms with van der Waals surface area (Å²) in [5.74, 6) is -0.329. The summed E-state index contributed by atoms with van der Waals surface area (Å²) in [6, 6.07) is 7.61. The van der Waals surface area contributed by atoms with Crippen molar-refractivity contribution in [1.29, 1.82) is 0 Å². The van der Waals surface area contributed by atoms with E-state index < -0.39 is 5.60 Å². The van der Waals surface area contributed by atoms with Gasteiger partial charge in [0.25, 0.3) is 0 Å². The Morgan fingerprint density at radius 3 is 2.65 bits per heavy atom. The highest BCUT2D eigenvalue weighted by atomic mass is 79.9. The van der Waals surface area contributed by atoms with Gasteiger partial charge in [-0.3, -0.25) is 0 Å². The van der Waals surface area contributed by atoms with Crippen molar-refractivity contribution in [3.63, 3.8) is 0 Å². The zero-order valence-electron chi connectivity index (χ0n) is 10.0. The first kappa shape index (κ1) is 12.2. The summed E-state index contributed by atoms with van der Waals surface area (Å²) < 4.78 is 6.29. The van der Waals surface area contributed by atoms with Gasteiger partial charge in [0.15, 0.2) is 0 Å². The van der Waals surface area contributed by atoms with E-state index in [1.165, 1.54) is 0 Å². The van der Waals surface area contributed by atoms with Crippen LogP contribution in [0.2, 0.25) is 0 Å². The van der Waals surface area contributed by atoms with Gasteiger partial charge in [0.05, 0.1) is 0 Å². The van der Waals surface area contributed by atoms with Crippen LogP contribution >= 0.6 is 15.9 Å². The van der Waals surface area contributed by atoms with Gasteiger partial charge >= 0.3 is 5.97 Å². The van der Waals surface area contributed by atoms with Crippen LogP contribution in [0.25, 0.3) is 10.9 Å². The van der Waals surface area contributed by atoms with Crippen LogP contribution in [0.15, 0.2) is 28.7 Å². The Labute approximate surface area is 108 Å². The zero-order valence-corrected chi connectivity index (χ0v) is 11.6. The minimum absolute atomic E-state index is 0.329. The molecule has 1 aromatic carbocycles. The van der Waals surface area contributed by atoms with Crippen LogP contribution in [0.4, 0.5) is 0 Å². The molecule has 3 nitrogen and oxygen atoms in total. The monoisotopic (exact) mass is 295 g/mol. The number of benzene rings is 1. The van der Waals surface area contributed by atoms with Crippen LogP contribution in [0.5, 0.6) is 0 Å². The summed E-state index contributed by atoms with van der Waals surface area (Å²) in [5.41, 5.74) is 0.927. The van der Waals surface area contributed by atoms with Gasteiger partial charge in [-0.2, -0.15) is 0 Å². The van der Waals surface area contributed by atoms with Crippen molar-refractivity contribution >= 4 is 32.8 Å². The van der Waals surface area contributed by atoms with Gasteiger partial charge in [-0.25, -0.2) is 4.79 Å². The van der Waals surface area contributed by atoms with Crippen molar-refractivity contribution in [2.75, 3.05) is 0 Å². The maximum Gasteiger partial charge on any atom is 0.355 e. The highest BCUT2D eigenvalue weighted by molar-refractivity contribution is 9.10. The molecule has 0 fully saturated rings. The van der Waals surface area contributed by atoms with Crippen LogP contribution in [-0.2, 0) is 4.74 Å². The summed E-state index contributed by atoms with van der Waals surface area (Å²) >= 11 is 3.40. The Balaban J connectivity index is 2.33. The van der Waals surface area contributed by atoms with E-state index in [1.807, 2.05) is 39.0 Å². The van der Waals surface area contributed by atoms with Crippen LogP contribution in [0, 0.1) is 0 Å². The predicted octanol–water partition coefficient (Wildman–Crippen LogP) is 3.89. The lowest BCUT2D eigenvalue weighted by molar-refractivity contribution is 0.00639. The highest BCUT2D eigenvalue weighted by Gasteiger charge is 2.19. The van der Waals surface area contributed by atoms with Crippen molar-refractivity contribution < 1.29 is 9.53 Å². The standard InChI is InChI=1S/C13H14BrNO2/c1-13(2,3)17-12(16)11-7-8-6-9(14)4-5-10(8)15-11/h4-7,15H,1-3H3. The molecule has 0 bridgehead atoms. The molecule has 1 aromatic heterocycles. The molecule has 0 atom stereocenters. The lowest BCUT2D eigenvalue weighted by atomic mass is 10.2. The molecule has 0 unspecified atom stereocenters. The second-order valence-corrected chi connectivity index (χ2v) is 5.83. The zero-order chi connectivity index (χ0) is 12.6. The number of carbonyl (C=O) groups is 1. The number of rotatable bonds is 1. The Hall–Kier alpha value is -1.29. The summed E-state index contributed by atoms with van der Waals surface area (Å²) in [4.78, 5) is 14.9. The first-order valence-corrected chi connectivity index (χ1v) is 6.16. The number of aromatic nitrogens is 1. The van der Waals surface area contributed by atoms with Crippen molar-refractivity contribution in [3.8, 4) is 0 Å². The number of hydrogen-bond acceptors (Lipinski definition) is 2. The predicted molar refractivity (Wildman–Crippen MR) is 71.2 cm³/mol. The van der Waals surface area contributed by atoms with E-state index in [4.69, 9.17) is 4.74 Å². The SMILES string of the molecule is CC(C)(C)OC(=O)c1cc2cc(Br)ccc2[nH]1. The molecule has 0 saturated heterocycles. The first-order valence-electron chi connectivity index (χ1n) is 5.37. The second-order valence-electron chi connectivity index (χ2n) is 4.92. The number of aromatic amines is 1. The number of fused-ring (bicyclic) bond motifs is 1. The average Bonchev–Trinajstić information content (AvgIpc) is 2.57. The molecular formula is C13H14BrNO2. The van der Waals surface area contributed by atoms with Crippen LogP contribution < -0.4 is 0 Å². The molecule has 0 spiro atoms. The Bertz CT molecular complexity index is 566. The fourth-order valence-electron chi connectivity index (χ4n) is 1.55. The topological polar surface area (TPSA) is 42.1 Å². The van der Waals surface area contributed by atoms with Crippen molar-refractivity contribution in [2.45, 2.75) is 26.4 Å². The number of carbonyl (C=O) groups excluding carboxylic acids is 1. The molecule has 0 aliphatic rings. The van der Waals surface area contributed by atoms with Crippen molar-refractivity contribution in [3.05, 3.63) is 34.4 Å². The smallest absolute Gasteiger partial charge is 0.355 e. The fraction of sp³-hybridized carbons (Fsp3) is 0.308. The van der Waals surface area contributed by atoms with E-state index in [0.29, 0.717) is 5.69 Å². The summed E-state index contributed by atoms with van der Waals surface area (Å²) in [7, 11) is 0. The number of esters is 1. The summed E-state index contributed by atoms with van der Waals surface area (Å²) in [6.07, 6.45) is 0. The maximum atomic E-state index is 11.8. The normalized spacial score (nSPS) is 11.8. The van der Waals surface area contributed by atoms with Gasteiger partial charge in [0.1, 0.15) is 11.3 Å². The van der Waals surface area contributed by atoms with Crippen LogP contribution in [-0.4, -0.2) is 16.6 Å². The van der Waals surface area contributed by atoms with E-state index >= 15 is 0 Å². The van der Waals surface area contributed by atoms with E-state index in [1.54, 1.807) is 6.07 Å². The molecule has 0 aliphatic carbocycles. The van der Waals surface area contributed by atoms with Gasteiger partial charge in [0, 0.05) is 15.4 Å². The molecule has 0 aliphatic heterocycles. The molecule has 2 rings (SSSR count). The highest BCUT2D eigenvalue weighted by Crippen LogP contribution is 2.21. The lowest BCUT2D eigenvalue weighted by Gasteiger charge is -2.18. The Morgan fingerprint density at radius 2 is 2.00 bits per heavy atom. The molecule has 0 amide bonds. The van der Waals surface area contributed by atoms with Crippen LogP contribution in [0.3, 0.4) is 0 Å². The quantitative estimate of drug-likeness (QED) is 0.811. The number of halogens is 1. The molecule has 0 radical (unpaired) electrons. The molecule has 1 N–H and O–H groups in total. The summed E-state index contributed by atoms with van der Waals surface area (Å²) in [5, 5.41) is 0.986. The summed E-state index contributed by atoms with van der Waals surface area (Å²) in [6.45, 7) is 5.55. The fourth-order valence-corrected chi connectivity index (χ4v) is 1.93. The van der Waals surface area contributed by atoms with Gasteiger partial charge in [-0.15, -0.1) is 0 Å². The largest absolute Gasteiger partial charge is 0.455 e. The van der Waals surface area contributed by atoms with E-state index in [0.717, 1.165) is 15.4 Å². The van der Waals surface area contributed by atoms with E-state index in [9.17, 15) is 4.79 Å². The lowest BCUT2D eigenvalue weighted by Crippen LogP contribution is -2.24. The van der Waals surface area contributed by atoms with E-state index in [2.05, 4.69) is 20.9 Å². The average molecular weight is 296 g/mol. The minimum Gasteiger partial charge on any atom is -0.455 e. The Kier molecular flexibility index (Phi) is 3.00. The number of nitrogens with one attached hydrogen (secondary N) is 1. The first-order chi connectivity index (χ1) is 7.85. The molecule has 90 valence electrons. The third-order valence-corrected chi connectivity index (χ3v) is 2.69. The third-order valence-electron chi connectivity index (χ3n) is 2.20. The van der Waals surface area contributed by atoms with E-state index in [-0.39, 0.29) is 5.97 Å². The van der Waals surface area contributed by atoms with Gasteiger partial charge in [0.2, 0.25) is 0 Å². The van der Waals surface area contributed by atoms with Gasteiger partial charge in [-0.1, -0.05) is 15.9 Å². The number of ether oxygens (including phenoxy) is 1. The van der Waals surface area contributed by atoms with Gasteiger partial charge in [-0.05, 0) is 45.0 Å². The molecule has 2 aromatic rings. The minimum atomic E-state index is -0.477. The maximum absolute atomic E-state index is 11.8.